The van der Waals surface area contributed by atoms with Crippen LogP contribution in [0.5, 0.6) is 0 Å². The molecular weight excluding hydrogens is 250 g/mol. The lowest BCUT2D eigenvalue weighted by Gasteiger charge is -2.11. The van der Waals surface area contributed by atoms with E-state index in [1.807, 2.05) is 17.8 Å². The second-order valence-corrected chi connectivity index (χ2v) is 5.64. The van der Waals surface area contributed by atoms with Gasteiger partial charge in [-0.25, -0.2) is 4.79 Å². The van der Waals surface area contributed by atoms with Gasteiger partial charge in [-0.05, 0) is 37.7 Å². The Labute approximate surface area is 111 Å². The second kappa shape index (κ2) is 6.29. The van der Waals surface area contributed by atoms with Gasteiger partial charge in [0, 0.05) is 11.3 Å². The molecule has 2 rings (SSSR count). The highest BCUT2D eigenvalue weighted by molar-refractivity contribution is 7.99. The second-order valence-electron chi connectivity index (χ2n) is 4.51. The van der Waals surface area contributed by atoms with Crippen LogP contribution in [0.15, 0.2) is 16.5 Å². The van der Waals surface area contributed by atoms with Crippen molar-refractivity contribution in [2.24, 2.45) is 0 Å². The van der Waals surface area contributed by atoms with E-state index in [0.717, 1.165) is 11.0 Å². The van der Waals surface area contributed by atoms with Gasteiger partial charge in [0.25, 0.3) is 0 Å². The minimum Gasteiger partial charge on any atom is -0.463 e. The Morgan fingerprint density at radius 3 is 3.06 bits per heavy atom. The van der Waals surface area contributed by atoms with Crippen LogP contribution in [0.3, 0.4) is 0 Å². The minimum atomic E-state index is -0.426. The number of hydrogen-bond acceptors (Lipinski definition) is 5. The summed E-state index contributed by atoms with van der Waals surface area (Å²) in [7, 11) is 1.35. The Balaban J connectivity index is 1.80. The van der Waals surface area contributed by atoms with Crippen molar-refractivity contribution in [3.63, 3.8) is 0 Å². The molecule has 1 aromatic heterocycles. The number of hydrogen-bond donors (Lipinski definition) is 1. The van der Waals surface area contributed by atoms with E-state index < -0.39 is 5.97 Å². The highest BCUT2D eigenvalue weighted by Crippen LogP contribution is 2.28. The lowest BCUT2D eigenvalue weighted by molar-refractivity contribution is 0.0563. The van der Waals surface area contributed by atoms with Gasteiger partial charge in [0.1, 0.15) is 5.76 Å². The first-order valence-corrected chi connectivity index (χ1v) is 7.45. The Hall–Kier alpha value is -0.940. The third-order valence-electron chi connectivity index (χ3n) is 3.33. The zero-order chi connectivity index (χ0) is 13.0. The molecule has 1 aromatic rings. The topological polar surface area (TPSA) is 51.5 Å². The average molecular weight is 269 g/mol. The fourth-order valence-corrected chi connectivity index (χ4v) is 3.06. The normalized spacial score (nSPS) is 23.2. The van der Waals surface area contributed by atoms with Crippen LogP contribution in [-0.4, -0.2) is 30.6 Å². The summed E-state index contributed by atoms with van der Waals surface area (Å²) in [4.78, 5) is 11.2. The number of methoxy groups -OCH3 is 1. The van der Waals surface area contributed by atoms with Crippen LogP contribution in [0.2, 0.25) is 0 Å². The molecule has 4 nitrogen and oxygen atoms in total. The highest BCUT2D eigenvalue weighted by atomic mass is 32.2. The highest BCUT2D eigenvalue weighted by Gasteiger charge is 2.23. The van der Waals surface area contributed by atoms with Crippen LogP contribution in [0.4, 0.5) is 0 Å². The Kier molecular flexibility index (Phi) is 4.72. The summed E-state index contributed by atoms with van der Waals surface area (Å²) in [5.74, 6) is 0.621. The molecule has 0 amide bonds. The van der Waals surface area contributed by atoms with Gasteiger partial charge in [0.2, 0.25) is 5.76 Å². The Morgan fingerprint density at radius 1 is 1.56 bits per heavy atom. The molecule has 0 radical (unpaired) electrons. The molecule has 18 heavy (non-hydrogen) atoms. The molecule has 0 aliphatic heterocycles. The van der Waals surface area contributed by atoms with Gasteiger partial charge < -0.3 is 14.5 Å². The van der Waals surface area contributed by atoms with E-state index in [1.165, 1.54) is 26.4 Å². The molecule has 0 bridgehead atoms. The van der Waals surface area contributed by atoms with Crippen LogP contribution >= 0.6 is 11.8 Å². The van der Waals surface area contributed by atoms with E-state index in [1.54, 1.807) is 6.07 Å². The van der Waals surface area contributed by atoms with Crippen LogP contribution in [0.1, 0.15) is 35.6 Å². The smallest absolute Gasteiger partial charge is 0.373 e. The van der Waals surface area contributed by atoms with E-state index in [4.69, 9.17) is 4.42 Å². The van der Waals surface area contributed by atoms with Crippen LogP contribution < -0.4 is 5.32 Å². The maximum absolute atomic E-state index is 11.2. The number of rotatable bonds is 5. The lowest BCUT2D eigenvalue weighted by Crippen LogP contribution is -2.25. The summed E-state index contributed by atoms with van der Waals surface area (Å²) >= 11 is 1.94. The molecule has 100 valence electrons. The number of carbonyl (C=O) groups is 1. The van der Waals surface area contributed by atoms with Crippen LogP contribution in [0.25, 0.3) is 0 Å². The number of carbonyl (C=O) groups excluding carboxylic acids is 1. The SMILES string of the molecule is COC(=O)c1ccc(CNC2CCC(SC)C2)o1. The van der Waals surface area contributed by atoms with Crippen LogP contribution in [0, 0.1) is 0 Å². The fraction of sp³-hybridized carbons (Fsp3) is 0.615. The third kappa shape index (κ3) is 3.29. The number of thioether (sulfide) groups is 1. The summed E-state index contributed by atoms with van der Waals surface area (Å²) in [6.07, 6.45) is 5.88. The van der Waals surface area contributed by atoms with Gasteiger partial charge in [-0.3, -0.25) is 0 Å². The predicted octanol–water partition coefficient (Wildman–Crippen LogP) is 2.44. The number of ether oxygens (including phenoxy) is 1. The lowest BCUT2D eigenvalue weighted by atomic mass is 10.2. The number of esters is 1. The van der Waals surface area contributed by atoms with E-state index in [2.05, 4.69) is 16.3 Å². The average Bonchev–Trinajstić information content (AvgIpc) is 3.04. The van der Waals surface area contributed by atoms with Crippen molar-refractivity contribution in [1.82, 2.24) is 5.32 Å². The van der Waals surface area contributed by atoms with Gasteiger partial charge in [-0.15, -0.1) is 0 Å². The molecule has 1 saturated carbocycles. The summed E-state index contributed by atoms with van der Waals surface area (Å²) in [5, 5.41) is 4.26. The molecule has 1 fully saturated rings. The Bertz CT molecular complexity index is 405. The number of furan rings is 1. The van der Waals surface area contributed by atoms with Crippen molar-refractivity contribution < 1.29 is 13.9 Å². The molecule has 0 saturated heterocycles. The van der Waals surface area contributed by atoms with Gasteiger partial charge in [0.15, 0.2) is 0 Å². The standard InChI is InChI=1S/C13H19NO3S/c1-16-13(15)12-6-4-10(17-12)8-14-9-3-5-11(7-9)18-2/h4,6,9,11,14H,3,5,7-8H2,1-2H3. The van der Waals surface area contributed by atoms with Gasteiger partial charge >= 0.3 is 5.97 Å². The Morgan fingerprint density at radius 2 is 2.39 bits per heavy atom. The van der Waals surface area contributed by atoms with Gasteiger partial charge in [-0.1, -0.05) is 0 Å². The first-order chi connectivity index (χ1) is 8.72. The molecular formula is C13H19NO3S. The monoisotopic (exact) mass is 269 g/mol. The molecule has 1 aliphatic carbocycles. The molecule has 0 aromatic carbocycles. The molecule has 0 spiro atoms. The van der Waals surface area contributed by atoms with Gasteiger partial charge in [0.05, 0.1) is 13.7 Å². The molecule has 5 heteroatoms. The van der Waals surface area contributed by atoms with Crippen molar-refractivity contribution in [3.8, 4) is 0 Å². The zero-order valence-electron chi connectivity index (χ0n) is 10.8. The molecule has 1 heterocycles. The van der Waals surface area contributed by atoms with Crippen molar-refractivity contribution >= 4 is 17.7 Å². The fourth-order valence-electron chi connectivity index (χ4n) is 2.27. The van der Waals surface area contributed by atoms with Gasteiger partial charge in [-0.2, -0.15) is 11.8 Å². The van der Waals surface area contributed by atoms with Crippen LogP contribution in [-0.2, 0) is 11.3 Å². The molecule has 1 N–H and O–H groups in total. The summed E-state index contributed by atoms with van der Waals surface area (Å²) < 4.78 is 10.0. The van der Waals surface area contributed by atoms with Crippen molar-refractivity contribution in [2.45, 2.75) is 37.1 Å². The van der Waals surface area contributed by atoms with E-state index in [0.29, 0.717) is 12.6 Å². The minimum absolute atomic E-state index is 0.266. The first-order valence-electron chi connectivity index (χ1n) is 6.16. The van der Waals surface area contributed by atoms with E-state index >= 15 is 0 Å². The maximum Gasteiger partial charge on any atom is 0.373 e. The predicted molar refractivity (Wildman–Crippen MR) is 71.8 cm³/mol. The van der Waals surface area contributed by atoms with Crippen molar-refractivity contribution in [3.05, 3.63) is 23.7 Å². The first kappa shape index (κ1) is 13.5. The molecule has 2 atom stereocenters. The summed E-state index contributed by atoms with van der Waals surface area (Å²) in [5.41, 5.74) is 0. The van der Waals surface area contributed by atoms with Crippen molar-refractivity contribution in [1.29, 1.82) is 0 Å². The van der Waals surface area contributed by atoms with Crippen molar-refractivity contribution in [2.75, 3.05) is 13.4 Å². The molecule has 2 unspecified atom stereocenters. The zero-order valence-corrected chi connectivity index (χ0v) is 11.6. The maximum atomic E-state index is 11.2. The van der Waals surface area contributed by atoms with E-state index in [-0.39, 0.29) is 5.76 Å². The van der Waals surface area contributed by atoms with E-state index in [9.17, 15) is 4.79 Å². The quantitative estimate of drug-likeness (QED) is 0.832. The number of nitrogens with one attached hydrogen (secondary N) is 1. The summed E-state index contributed by atoms with van der Waals surface area (Å²) in [6.45, 7) is 0.669. The molecule has 1 aliphatic rings. The summed E-state index contributed by atoms with van der Waals surface area (Å²) in [6, 6.07) is 4.04. The third-order valence-corrected chi connectivity index (χ3v) is 4.43. The largest absolute Gasteiger partial charge is 0.463 e.